The molecule has 0 radical (unpaired) electrons. The van der Waals surface area contributed by atoms with E-state index in [-0.39, 0.29) is 13.1 Å². The minimum atomic E-state index is -1.20. The highest BCUT2D eigenvalue weighted by Gasteiger charge is 2.11. The Kier molecular flexibility index (Phi) is 2.85. The van der Waals surface area contributed by atoms with Gasteiger partial charge < -0.3 is 15.0 Å². The molecule has 0 fully saturated rings. The maximum Gasteiger partial charge on any atom is 0.346 e. The Labute approximate surface area is 80.0 Å². The summed E-state index contributed by atoms with van der Waals surface area (Å²) in [7, 11) is 0. The number of rotatable bonds is 4. The molecule has 0 aliphatic heterocycles. The van der Waals surface area contributed by atoms with Crippen LogP contribution in [0, 0.1) is 6.92 Å². The molecule has 6 nitrogen and oxygen atoms in total. The van der Waals surface area contributed by atoms with Gasteiger partial charge in [0.25, 0.3) is 0 Å². The van der Waals surface area contributed by atoms with Crippen molar-refractivity contribution in [3.8, 4) is 0 Å². The highest BCUT2D eigenvalue weighted by atomic mass is 16.4. The summed E-state index contributed by atoms with van der Waals surface area (Å²) in [6.07, 6.45) is 3.00. The molecule has 1 N–H and O–H groups in total. The van der Waals surface area contributed by atoms with Crippen LogP contribution >= 0.6 is 0 Å². The van der Waals surface area contributed by atoms with E-state index in [4.69, 9.17) is 5.11 Å². The molecular formula is C8H10N2O4. The summed E-state index contributed by atoms with van der Waals surface area (Å²) < 4.78 is 2.82. The smallest absolute Gasteiger partial charge is 0.346 e. The third-order valence-corrected chi connectivity index (χ3v) is 1.71. The molecular weight excluding hydrogens is 188 g/mol. The summed E-state index contributed by atoms with van der Waals surface area (Å²) in [6, 6.07) is 0. The molecule has 0 saturated heterocycles. The zero-order valence-corrected chi connectivity index (χ0v) is 7.64. The summed E-state index contributed by atoms with van der Waals surface area (Å²) in [5.74, 6) is -2.17. The second-order valence-corrected chi connectivity index (χ2v) is 2.95. The molecule has 0 amide bonds. The van der Waals surface area contributed by atoms with E-state index in [1.807, 2.05) is 0 Å². The molecule has 14 heavy (non-hydrogen) atoms. The molecule has 6 heteroatoms. The summed E-state index contributed by atoms with van der Waals surface area (Å²) in [6.45, 7) is 1.25. The van der Waals surface area contributed by atoms with E-state index in [1.54, 1.807) is 13.1 Å². The summed E-state index contributed by atoms with van der Waals surface area (Å²) in [4.78, 5) is 20.6. The SMILES string of the molecule is Cc1c[n+](CC(=O)O)cn1CC(=O)[O-]. The van der Waals surface area contributed by atoms with Crippen molar-refractivity contribution in [2.45, 2.75) is 20.0 Å². The molecule has 1 aromatic rings. The fourth-order valence-corrected chi connectivity index (χ4v) is 1.16. The number of carbonyl (C=O) groups excluding carboxylic acids is 1. The number of hydrogen-bond acceptors (Lipinski definition) is 3. The molecule has 0 atom stereocenters. The first kappa shape index (κ1) is 10.2. The molecule has 0 aromatic carbocycles. The summed E-state index contributed by atoms with van der Waals surface area (Å²) in [5.41, 5.74) is 0.676. The molecule has 0 saturated carbocycles. The minimum Gasteiger partial charge on any atom is -0.546 e. The highest BCUT2D eigenvalue weighted by molar-refractivity contribution is 5.65. The van der Waals surface area contributed by atoms with E-state index in [1.165, 1.54) is 15.5 Å². The molecule has 1 heterocycles. The predicted molar refractivity (Wildman–Crippen MR) is 42.0 cm³/mol. The number of imidazole rings is 1. The standard InChI is InChI=1S/C8H10N2O4/c1-6-2-9(3-7(11)12)5-10(6)4-8(13)14/h2,5H,3-4H2,1H3,(H-,11,12,13,14). The van der Waals surface area contributed by atoms with Crippen LogP contribution in [0.15, 0.2) is 12.5 Å². The largest absolute Gasteiger partial charge is 0.546 e. The minimum absolute atomic E-state index is 0.180. The van der Waals surface area contributed by atoms with Crippen LogP contribution in [-0.2, 0) is 22.7 Å². The molecule has 0 spiro atoms. The number of carboxylic acids is 2. The van der Waals surface area contributed by atoms with Crippen LogP contribution in [0.25, 0.3) is 0 Å². The zero-order chi connectivity index (χ0) is 10.7. The maximum atomic E-state index is 10.4. The number of aryl methyl sites for hydroxylation is 1. The molecule has 1 rings (SSSR count). The first-order chi connectivity index (χ1) is 6.49. The van der Waals surface area contributed by atoms with Crippen molar-refractivity contribution in [1.82, 2.24) is 4.57 Å². The van der Waals surface area contributed by atoms with Crippen LogP contribution < -0.4 is 9.67 Å². The number of carboxylic acid groups (broad SMARTS) is 2. The van der Waals surface area contributed by atoms with Gasteiger partial charge in [0.1, 0.15) is 18.4 Å². The van der Waals surface area contributed by atoms with E-state index >= 15 is 0 Å². The maximum absolute atomic E-state index is 10.4. The predicted octanol–water partition coefficient (Wildman–Crippen LogP) is -2.08. The van der Waals surface area contributed by atoms with Crippen LogP contribution in [-0.4, -0.2) is 21.6 Å². The van der Waals surface area contributed by atoms with Gasteiger partial charge in [0, 0.05) is 6.92 Å². The quantitative estimate of drug-likeness (QED) is 0.562. The molecule has 0 bridgehead atoms. The fourth-order valence-electron chi connectivity index (χ4n) is 1.16. The van der Waals surface area contributed by atoms with Crippen LogP contribution in [0.2, 0.25) is 0 Å². The van der Waals surface area contributed by atoms with Crippen LogP contribution in [0.3, 0.4) is 0 Å². The summed E-state index contributed by atoms with van der Waals surface area (Å²) >= 11 is 0. The van der Waals surface area contributed by atoms with Crippen molar-refractivity contribution in [2.75, 3.05) is 0 Å². The van der Waals surface area contributed by atoms with Crippen molar-refractivity contribution >= 4 is 11.9 Å². The van der Waals surface area contributed by atoms with Crippen molar-refractivity contribution in [3.63, 3.8) is 0 Å². The number of nitrogens with zero attached hydrogens (tertiary/aromatic N) is 2. The lowest BCUT2D eigenvalue weighted by molar-refractivity contribution is -0.685. The van der Waals surface area contributed by atoms with E-state index < -0.39 is 11.9 Å². The van der Waals surface area contributed by atoms with Crippen molar-refractivity contribution in [1.29, 1.82) is 0 Å². The number of hydrogen-bond donors (Lipinski definition) is 1. The van der Waals surface area contributed by atoms with Gasteiger partial charge in [-0.1, -0.05) is 0 Å². The average Bonchev–Trinajstić information content (AvgIpc) is 2.28. The Hall–Kier alpha value is -1.85. The Bertz CT molecular complexity index is 369. The Morgan fingerprint density at radius 2 is 2.29 bits per heavy atom. The Balaban J connectivity index is 2.81. The highest BCUT2D eigenvalue weighted by Crippen LogP contribution is 1.94. The van der Waals surface area contributed by atoms with Gasteiger partial charge in [0.2, 0.25) is 6.33 Å². The van der Waals surface area contributed by atoms with Gasteiger partial charge in [-0.2, -0.15) is 0 Å². The van der Waals surface area contributed by atoms with Crippen molar-refractivity contribution in [2.24, 2.45) is 0 Å². The average molecular weight is 198 g/mol. The van der Waals surface area contributed by atoms with Gasteiger partial charge in [0.15, 0.2) is 6.54 Å². The van der Waals surface area contributed by atoms with Crippen LogP contribution in [0.1, 0.15) is 5.69 Å². The zero-order valence-electron chi connectivity index (χ0n) is 7.64. The van der Waals surface area contributed by atoms with Gasteiger partial charge >= 0.3 is 5.97 Å². The lowest BCUT2D eigenvalue weighted by Crippen LogP contribution is -2.36. The van der Waals surface area contributed by atoms with Gasteiger partial charge in [0.05, 0.1) is 5.97 Å². The first-order valence-corrected chi connectivity index (χ1v) is 3.96. The third kappa shape index (κ3) is 2.58. The topological polar surface area (TPSA) is 86.2 Å². The molecule has 1 aromatic heterocycles. The van der Waals surface area contributed by atoms with Gasteiger partial charge in [-0.25, -0.2) is 13.9 Å². The van der Waals surface area contributed by atoms with E-state index in [0.717, 1.165) is 0 Å². The van der Waals surface area contributed by atoms with Crippen molar-refractivity contribution < 1.29 is 24.4 Å². The molecule has 0 unspecified atom stereocenters. The second kappa shape index (κ2) is 3.91. The van der Waals surface area contributed by atoms with Crippen LogP contribution in [0.5, 0.6) is 0 Å². The normalized spacial score (nSPS) is 10.1. The molecule has 0 aliphatic carbocycles. The van der Waals surface area contributed by atoms with Gasteiger partial charge in [-0.3, -0.25) is 0 Å². The van der Waals surface area contributed by atoms with E-state index in [0.29, 0.717) is 5.69 Å². The lowest BCUT2D eigenvalue weighted by atomic mass is 10.5. The Morgan fingerprint density at radius 1 is 1.64 bits per heavy atom. The van der Waals surface area contributed by atoms with Crippen molar-refractivity contribution in [3.05, 3.63) is 18.2 Å². The van der Waals surface area contributed by atoms with E-state index in [9.17, 15) is 14.7 Å². The van der Waals surface area contributed by atoms with Gasteiger partial charge in [-0.05, 0) is 0 Å². The second-order valence-electron chi connectivity index (χ2n) is 2.95. The molecule has 0 aliphatic rings. The monoisotopic (exact) mass is 198 g/mol. The Morgan fingerprint density at radius 3 is 2.79 bits per heavy atom. The number of carbonyl (C=O) groups is 2. The van der Waals surface area contributed by atoms with Gasteiger partial charge in [-0.15, -0.1) is 0 Å². The van der Waals surface area contributed by atoms with E-state index in [2.05, 4.69) is 0 Å². The summed E-state index contributed by atoms with van der Waals surface area (Å²) in [5, 5.41) is 18.8. The third-order valence-electron chi connectivity index (χ3n) is 1.71. The number of aliphatic carboxylic acids is 2. The fraction of sp³-hybridized carbons (Fsp3) is 0.375. The number of aromatic nitrogens is 2. The lowest BCUT2D eigenvalue weighted by Gasteiger charge is -1.97. The first-order valence-electron chi connectivity index (χ1n) is 3.96. The van der Waals surface area contributed by atoms with Crippen LogP contribution in [0.4, 0.5) is 0 Å². The molecule has 76 valence electrons.